The molecule has 2 aliphatic heterocycles. The van der Waals surface area contributed by atoms with Crippen molar-refractivity contribution in [2.24, 2.45) is 0 Å². The summed E-state index contributed by atoms with van der Waals surface area (Å²) in [6.07, 6.45) is -2.52. The Bertz CT molecular complexity index is 898. The molecule has 2 unspecified atom stereocenters. The van der Waals surface area contributed by atoms with E-state index in [1.54, 1.807) is 0 Å². The van der Waals surface area contributed by atoms with Crippen LogP contribution in [0.15, 0.2) is 6.20 Å². The summed E-state index contributed by atoms with van der Waals surface area (Å²) in [6, 6.07) is 0.0496. The molecule has 4 heterocycles. The Hall–Kier alpha value is -2.60. The molecule has 2 bridgehead atoms. The van der Waals surface area contributed by atoms with Gasteiger partial charge in [-0.25, -0.2) is 4.98 Å². The second-order valence-corrected chi connectivity index (χ2v) is 7.21. The lowest BCUT2D eigenvalue weighted by Crippen LogP contribution is -2.29. The topological polar surface area (TPSA) is 95.4 Å². The second kappa shape index (κ2) is 8.26. The number of ether oxygens (including phenoxy) is 3. The number of anilines is 3. The molecule has 30 heavy (non-hydrogen) atoms. The molecule has 0 aliphatic carbocycles. The number of rotatable bonds is 2. The van der Waals surface area contributed by atoms with Crippen LogP contribution in [0.1, 0.15) is 30.1 Å². The fraction of sp³-hybridized carbons (Fsp3) is 0.611. The average Bonchev–Trinajstić information content (AvgIpc) is 3.02. The number of fused-ring (bicyclic) bond motifs is 3. The van der Waals surface area contributed by atoms with Gasteiger partial charge in [0.1, 0.15) is 29.8 Å². The first-order chi connectivity index (χ1) is 14.4. The summed E-state index contributed by atoms with van der Waals surface area (Å²) in [7, 11) is 1.47. The van der Waals surface area contributed by atoms with Crippen LogP contribution in [0.3, 0.4) is 0 Å². The Morgan fingerprint density at radius 1 is 1.30 bits per heavy atom. The molecular weight excluding hydrogens is 405 g/mol. The van der Waals surface area contributed by atoms with Crippen molar-refractivity contribution >= 4 is 17.5 Å². The van der Waals surface area contributed by atoms with Gasteiger partial charge in [-0.05, 0) is 19.8 Å². The first kappa shape index (κ1) is 20.7. The summed E-state index contributed by atoms with van der Waals surface area (Å²) in [5.41, 5.74) is 0.310. The Morgan fingerprint density at radius 3 is 2.83 bits per heavy atom. The molecule has 2 aromatic rings. The molecule has 0 saturated carbocycles. The number of methoxy groups -OCH3 is 1. The van der Waals surface area contributed by atoms with Crippen molar-refractivity contribution < 1.29 is 27.4 Å². The maximum absolute atomic E-state index is 13.4. The van der Waals surface area contributed by atoms with Gasteiger partial charge in [0.15, 0.2) is 0 Å². The van der Waals surface area contributed by atoms with Gasteiger partial charge in [-0.1, -0.05) is 0 Å². The molecule has 1 saturated heterocycles. The molecule has 2 aliphatic rings. The molecule has 2 atom stereocenters. The quantitative estimate of drug-likeness (QED) is 0.754. The second-order valence-electron chi connectivity index (χ2n) is 7.21. The van der Waals surface area contributed by atoms with Crippen LogP contribution in [0.4, 0.5) is 30.6 Å². The molecule has 9 nitrogen and oxygen atoms in total. The van der Waals surface area contributed by atoms with Crippen molar-refractivity contribution in [1.82, 2.24) is 19.7 Å². The van der Waals surface area contributed by atoms with Crippen molar-refractivity contribution in [3.8, 4) is 5.88 Å². The third-order valence-electron chi connectivity index (χ3n) is 5.17. The Kier molecular flexibility index (Phi) is 5.69. The van der Waals surface area contributed by atoms with Crippen LogP contribution in [0.2, 0.25) is 0 Å². The lowest BCUT2D eigenvalue weighted by Gasteiger charge is -2.23. The largest absolute Gasteiger partial charge is 0.472 e. The fourth-order valence-corrected chi connectivity index (χ4v) is 3.50. The zero-order chi connectivity index (χ0) is 21.3. The van der Waals surface area contributed by atoms with Gasteiger partial charge in [-0.3, -0.25) is 4.68 Å². The number of nitrogens with one attached hydrogen (secondary N) is 2. The number of aromatic nitrogens is 4. The van der Waals surface area contributed by atoms with E-state index in [4.69, 9.17) is 14.2 Å². The first-order valence-electron chi connectivity index (χ1n) is 9.64. The van der Waals surface area contributed by atoms with Crippen molar-refractivity contribution in [3.63, 3.8) is 0 Å². The van der Waals surface area contributed by atoms with Crippen molar-refractivity contribution in [2.75, 3.05) is 44.1 Å². The molecule has 0 amide bonds. The molecule has 0 spiro atoms. The number of hydrogen-bond acceptors (Lipinski definition) is 8. The number of alkyl halides is 3. The van der Waals surface area contributed by atoms with E-state index in [0.717, 1.165) is 31.3 Å². The normalized spacial score (nSPS) is 22.2. The highest BCUT2D eigenvalue weighted by molar-refractivity contribution is 5.64. The van der Waals surface area contributed by atoms with E-state index in [1.807, 2.05) is 11.6 Å². The maximum Gasteiger partial charge on any atom is 0.421 e. The van der Waals surface area contributed by atoms with Crippen LogP contribution in [-0.4, -0.2) is 59.3 Å². The third-order valence-corrected chi connectivity index (χ3v) is 5.17. The number of hydrogen-bond donors (Lipinski definition) is 2. The van der Waals surface area contributed by atoms with Gasteiger partial charge in [0.25, 0.3) is 5.88 Å². The minimum Gasteiger partial charge on any atom is -0.472 e. The van der Waals surface area contributed by atoms with Crippen molar-refractivity contribution in [2.45, 2.75) is 38.1 Å². The molecule has 0 aromatic carbocycles. The molecule has 164 valence electrons. The van der Waals surface area contributed by atoms with Gasteiger partial charge in [0.05, 0.1) is 18.3 Å². The van der Waals surface area contributed by atoms with Crippen LogP contribution >= 0.6 is 0 Å². The van der Waals surface area contributed by atoms with Gasteiger partial charge in [0.2, 0.25) is 5.95 Å². The first-order valence-corrected chi connectivity index (χ1v) is 9.64. The minimum absolute atomic E-state index is 0.00811. The predicted molar refractivity (Wildman–Crippen MR) is 101 cm³/mol. The van der Waals surface area contributed by atoms with Crippen LogP contribution in [0, 0.1) is 6.92 Å². The Morgan fingerprint density at radius 2 is 2.13 bits per heavy atom. The average molecular weight is 428 g/mol. The minimum atomic E-state index is -4.59. The van der Waals surface area contributed by atoms with Crippen LogP contribution in [0.25, 0.3) is 0 Å². The van der Waals surface area contributed by atoms with Crippen molar-refractivity contribution in [1.29, 1.82) is 0 Å². The monoisotopic (exact) mass is 428 g/mol. The van der Waals surface area contributed by atoms with E-state index in [-0.39, 0.29) is 31.0 Å². The molecular formula is C18H23F3N6O3. The van der Waals surface area contributed by atoms with Crippen LogP contribution in [-0.2, 0) is 15.7 Å². The maximum atomic E-state index is 13.4. The van der Waals surface area contributed by atoms with E-state index in [9.17, 15) is 13.2 Å². The summed E-state index contributed by atoms with van der Waals surface area (Å²) < 4.78 is 58.7. The summed E-state index contributed by atoms with van der Waals surface area (Å²) in [5.74, 6) is -0.00272. The highest BCUT2D eigenvalue weighted by atomic mass is 19.4. The van der Waals surface area contributed by atoms with Crippen LogP contribution in [0.5, 0.6) is 5.88 Å². The Labute approximate surface area is 170 Å². The fourth-order valence-electron chi connectivity index (χ4n) is 3.50. The molecule has 4 rings (SSSR count). The lowest BCUT2D eigenvalue weighted by molar-refractivity contribution is -0.137. The van der Waals surface area contributed by atoms with E-state index < -0.39 is 17.8 Å². The van der Waals surface area contributed by atoms with Gasteiger partial charge < -0.3 is 24.8 Å². The smallest absolute Gasteiger partial charge is 0.421 e. The number of halogens is 3. The van der Waals surface area contributed by atoms with Gasteiger partial charge in [0, 0.05) is 26.5 Å². The van der Waals surface area contributed by atoms with Gasteiger partial charge in [-0.2, -0.15) is 18.2 Å². The van der Waals surface area contributed by atoms with E-state index in [2.05, 4.69) is 25.7 Å². The zero-order valence-electron chi connectivity index (χ0n) is 16.6. The van der Waals surface area contributed by atoms with Gasteiger partial charge >= 0.3 is 6.18 Å². The molecule has 1 fully saturated rings. The molecule has 2 aromatic heterocycles. The SMILES string of the molecule is COC1CNc2nc(ncc2C(F)(F)F)Nc2c(nn(C3CCCOC3)c2C)OC1. The number of nitrogens with zero attached hydrogens (tertiary/aromatic N) is 4. The van der Waals surface area contributed by atoms with E-state index in [0.29, 0.717) is 18.2 Å². The van der Waals surface area contributed by atoms with Crippen molar-refractivity contribution in [3.05, 3.63) is 17.5 Å². The highest BCUT2D eigenvalue weighted by Gasteiger charge is 2.36. The summed E-state index contributed by atoms with van der Waals surface area (Å²) >= 11 is 0. The van der Waals surface area contributed by atoms with E-state index in [1.165, 1.54) is 7.11 Å². The van der Waals surface area contributed by atoms with E-state index >= 15 is 0 Å². The molecule has 2 N–H and O–H groups in total. The summed E-state index contributed by atoms with van der Waals surface area (Å²) in [6.45, 7) is 3.28. The molecule has 12 heteroatoms. The van der Waals surface area contributed by atoms with Gasteiger partial charge in [-0.15, -0.1) is 5.10 Å². The summed E-state index contributed by atoms with van der Waals surface area (Å²) in [4.78, 5) is 7.90. The molecule has 0 radical (unpaired) electrons. The summed E-state index contributed by atoms with van der Waals surface area (Å²) in [5, 5.41) is 10.3. The highest BCUT2D eigenvalue weighted by Crippen LogP contribution is 2.37. The third kappa shape index (κ3) is 4.15. The standard InChI is InChI=1S/C18H23F3N6O3/c1-10-14-16(26-27(10)11-4-3-5-29-8-11)30-9-12(28-2)6-22-15-13(18(19,20)21)7-23-17(24-14)25-15/h7,11-12H,3-6,8-9H2,1-2H3,(H2,22,23,24,25). The lowest BCUT2D eigenvalue weighted by atomic mass is 10.1. The Balaban J connectivity index is 1.74. The zero-order valence-corrected chi connectivity index (χ0v) is 16.6. The van der Waals surface area contributed by atoms with Crippen LogP contribution < -0.4 is 15.4 Å². The predicted octanol–water partition coefficient (Wildman–Crippen LogP) is 2.91.